The summed E-state index contributed by atoms with van der Waals surface area (Å²) in [7, 11) is 0. The zero-order valence-corrected chi connectivity index (χ0v) is 14.0. The fourth-order valence-corrected chi connectivity index (χ4v) is 2.41. The highest BCUT2D eigenvalue weighted by atomic mass is 16.2. The second-order valence-electron chi connectivity index (χ2n) is 6.11. The number of amides is 2. The molecule has 2 aromatic rings. The first-order chi connectivity index (χ1) is 11.0. The summed E-state index contributed by atoms with van der Waals surface area (Å²) in [5, 5.41) is 6.07. The van der Waals surface area contributed by atoms with Crippen LogP contribution in [0.4, 0.5) is 10.5 Å². The summed E-state index contributed by atoms with van der Waals surface area (Å²) in [4.78, 5) is 10.8. The SMILES string of the molecule is CC(C)c1ccc(CNC(C)c2ccc(NC(N)=O)cc2)cc1. The number of carbonyl (C=O) groups is 1. The van der Waals surface area contributed by atoms with Crippen molar-refractivity contribution in [2.45, 2.75) is 39.3 Å². The topological polar surface area (TPSA) is 67.2 Å². The van der Waals surface area contributed by atoms with E-state index in [-0.39, 0.29) is 6.04 Å². The van der Waals surface area contributed by atoms with Gasteiger partial charge in [-0.05, 0) is 41.7 Å². The number of nitrogens with two attached hydrogens (primary N) is 1. The highest BCUT2D eigenvalue weighted by molar-refractivity contribution is 5.87. The number of primary amides is 1. The van der Waals surface area contributed by atoms with Crippen LogP contribution >= 0.6 is 0 Å². The van der Waals surface area contributed by atoms with E-state index in [1.165, 1.54) is 16.7 Å². The van der Waals surface area contributed by atoms with Gasteiger partial charge in [-0.15, -0.1) is 0 Å². The van der Waals surface area contributed by atoms with Gasteiger partial charge in [0.05, 0.1) is 0 Å². The second-order valence-corrected chi connectivity index (χ2v) is 6.11. The predicted molar refractivity (Wildman–Crippen MR) is 95.4 cm³/mol. The Morgan fingerprint density at radius 1 is 0.957 bits per heavy atom. The largest absolute Gasteiger partial charge is 0.351 e. The van der Waals surface area contributed by atoms with E-state index in [1.807, 2.05) is 24.3 Å². The molecule has 0 aromatic heterocycles. The van der Waals surface area contributed by atoms with E-state index >= 15 is 0 Å². The molecule has 122 valence electrons. The Balaban J connectivity index is 1.91. The molecule has 0 spiro atoms. The minimum absolute atomic E-state index is 0.224. The Labute approximate surface area is 138 Å². The molecule has 23 heavy (non-hydrogen) atoms. The van der Waals surface area contributed by atoms with Gasteiger partial charge in [0.1, 0.15) is 0 Å². The molecule has 0 aliphatic heterocycles. The van der Waals surface area contributed by atoms with Crippen LogP contribution in [0.25, 0.3) is 0 Å². The maximum Gasteiger partial charge on any atom is 0.316 e. The Kier molecular flexibility index (Phi) is 5.77. The molecule has 0 aliphatic carbocycles. The van der Waals surface area contributed by atoms with Crippen LogP contribution in [0.15, 0.2) is 48.5 Å². The summed E-state index contributed by atoms with van der Waals surface area (Å²) in [6.45, 7) is 7.35. The molecule has 0 radical (unpaired) electrons. The highest BCUT2D eigenvalue weighted by Gasteiger charge is 2.06. The first-order valence-corrected chi connectivity index (χ1v) is 7.94. The molecule has 4 N–H and O–H groups in total. The standard InChI is InChI=1S/C19H25N3O/c1-13(2)16-6-4-15(5-7-16)12-21-14(3)17-8-10-18(11-9-17)22-19(20)23/h4-11,13-14,21H,12H2,1-3H3,(H3,20,22,23). The maximum absolute atomic E-state index is 10.8. The Morgan fingerprint density at radius 2 is 1.52 bits per heavy atom. The number of hydrogen-bond acceptors (Lipinski definition) is 2. The molecule has 2 aromatic carbocycles. The Hall–Kier alpha value is -2.33. The van der Waals surface area contributed by atoms with Crippen LogP contribution in [0, 0.1) is 0 Å². The van der Waals surface area contributed by atoms with Gasteiger partial charge in [-0.2, -0.15) is 0 Å². The molecule has 0 aliphatic rings. The van der Waals surface area contributed by atoms with Crippen molar-refractivity contribution in [1.82, 2.24) is 5.32 Å². The molecule has 4 heteroatoms. The third-order valence-corrected chi connectivity index (χ3v) is 3.94. The average molecular weight is 311 g/mol. The number of urea groups is 1. The molecule has 0 fully saturated rings. The lowest BCUT2D eigenvalue weighted by atomic mass is 10.0. The van der Waals surface area contributed by atoms with Crippen LogP contribution in [0.3, 0.4) is 0 Å². The van der Waals surface area contributed by atoms with Crippen LogP contribution in [-0.4, -0.2) is 6.03 Å². The van der Waals surface area contributed by atoms with E-state index in [0.29, 0.717) is 11.6 Å². The van der Waals surface area contributed by atoms with Gasteiger partial charge in [-0.1, -0.05) is 50.2 Å². The molecular formula is C19H25N3O. The van der Waals surface area contributed by atoms with Crippen LogP contribution in [0.5, 0.6) is 0 Å². The monoisotopic (exact) mass is 311 g/mol. The average Bonchev–Trinajstić information content (AvgIpc) is 2.53. The summed E-state index contributed by atoms with van der Waals surface area (Å²) in [6, 6.07) is 16.1. The van der Waals surface area contributed by atoms with Crippen molar-refractivity contribution >= 4 is 11.7 Å². The summed E-state index contributed by atoms with van der Waals surface area (Å²) >= 11 is 0. The van der Waals surface area contributed by atoms with E-state index in [2.05, 4.69) is 55.7 Å². The fraction of sp³-hybridized carbons (Fsp3) is 0.316. The third kappa shape index (κ3) is 5.11. The van der Waals surface area contributed by atoms with E-state index in [9.17, 15) is 4.79 Å². The molecule has 0 heterocycles. The van der Waals surface area contributed by atoms with Crippen molar-refractivity contribution in [3.05, 3.63) is 65.2 Å². The molecule has 0 bridgehead atoms. The number of anilines is 1. The predicted octanol–water partition coefficient (Wildman–Crippen LogP) is 4.15. The van der Waals surface area contributed by atoms with Crippen molar-refractivity contribution in [1.29, 1.82) is 0 Å². The molecule has 1 atom stereocenters. The summed E-state index contributed by atoms with van der Waals surface area (Å²) in [6.07, 6.45) is 0. The van der Waals surface area contributed by atoms with E-state index < -0.39 is 6.03 Å². The number of hydrogen-bond donors (Lipinski definition) is 3. The fourth-order valence-electron chi connectivity index (χ4n) is 2.41. The van der Waals surface area contributed by atoms with Gasteiger partial charge in [0.25, 0.3) is 0 Å². The first kappa shape index (κ1) is 17.0. The van der Waals surface area contributed by atoms with E-state index in [4.69, 9.17) is 5.73 Å². The normalized spacial score (nSPS) is 12.2. The van der Waals surface area contributed by atoms with Crippen LogP contribution in [-0.2, 0) is 6.54 Å². The van der Waals surface area contributed by atoms with E-state index in [0.717, 1.165) is 6.54 Å². The van der Waals surface area contributed by atoms with Crippen LogP contribution in [0.2, 0.25) is 0 Å². The Morgan fingerprint density at radius 3 is 2.04 bits per heavy atom. The minimum Gasteiger partial charge on any atom is -0.351 e. The molecule has 4 nitrogen and oxygen atoms in total. The lowest BCUT2D eigenvalue weighted by molar-refractivity contribution is 0.259. The van der Waals surface area contributed by atoms with Gasteiger partial charge in [-0.3, -0.25) is 0 Å². The van der Waals surface area contributed by atoms with Gasteiger partial charge < -0.3 is 16.4 Å². The van der Waals surface area contributed by atoms with Gasteiger partial charge >= 0.3 is 6.03 Å². The number of benzene rings is 2. The molecule has 0 saturated heterocycles. The molecule has 2 rings (SSSR count). The molecular weight excluding hydrogens is 286 g/mol. The summed E-state index contributed by atoms with van der Waals surface area (Å²) < 4.78 is 0. The van der Waals surface area contributed by atoms with Crippen molar-refractivity contribution in [2.75, 3.05) is 5.32 Å². The van der Waals surface area contributed by atoms with Crippen molar-refractivity contribution in [3.8, 4) is 0 Å². The van der Waals surface area contributed by atoms with Crippen molar-refractivity contribution in [3.63, 3.8) is 0 Å². The lowest BCUT2D eigenvalue weighted by Gasteiger charge is -2.15. The third-order valence-electron chi connectivity index (χ3n) is 3.94. The van der Waals surface area contributed by atoms with Crippen molar-refractivity contribution < 1.29 is 4.79 Å². The minimum atomic E-state index is -0.547. The van der Waals surface area contributed by atoms with Gasteiger partial charge in [0.15, 0.2) is 0 Å². The second kappa shape index (κ2) is 7.79. The van der Waals surface area contributed by atoms with Crippen LogP contribution < -0.4 is 16.4 Å². The number of carbonyl (C=O) groups excluding carboxylic acids is 1. The summed E-state index contributed by atoms with van der Waals surface area (Å²) in [5.41, 5.74) is 9.61. The molecule has 0 saturated carbocycles. The zero-order chi connectivity index (χ0) is 16.8. The molecule has 1 unspecified atom stereocenters. The van der Waals surface area contributed by atoms with Crippen molar-refractivity contribution in [2.24, 2.45) is 5.73 Å². The van der Waals surface area contributed by atoms with Gasteiger partial charge in [-0.25, -0.2) is 4.79 Å². The smallest absolute Gasteiger partial charge is 0.316 e. The van der Waals surface area contributed by atoms with Gasteiger partial charge in [0.2, 0.25) is 0 Å². The lowest BCUT2D eigenvalue weighted by Crippen LogP contribution is -2.20. The van der Waals surface area contributed by atoms with E-state index in [1.54, 1.807) is 0 Å². The maximum atomic E-state index is 10.8. The highest BCUT2D eigenvalue weighted by Crippen LogP contribution is 2.18. The quantitative estimate of drug-likeness (QED) is 0.750. The number of rotatable bonds is 6. The Bertz CT molecular complexity index is 633. The summed E-state index contributed by atoms with van der Waals surface area (Å²) in [5.74, 6) is 0.559. The van der Waals surface area contributed by atoms with Crippen LogP contribution in [0.1, 0.15) is 49.4 Å². The zero-order valence-electron chi connectivity index (χ0n) is 14.0. The van der Waals surface area contributed by atoms with Gasteiger partial charge in [0, 0.05) is 18.3 Å². The molecule has 2 amide bonds. The first-order valence-electron chi connectivity index (χ1n) is 7.94. The number of nitrogens with one attached hydrogen (secondary N) is 2.